The molecular weight excluding hydrogens is 300 g/mol. The summed E-state index contributed by atoms with van der Waals surface area (Å²) in [6.45, 7) is 10.0. The average molecular weight is 319 g/mol. The van der Waals surface area contributed by atoms with Crippen molar-refractivity contribution >= 4 is 23.2 Å². The first kappa shape index (κ1) is 16.1. The number of nitrogens with one attached hydrogen (secondary N) is 3. The summed E-state index contributed by atoms with van der Waals surface area (Å²) in [7, 11) is 0. The number of halogens is 1. The zero-order chi connectivity index (χ0) is 16.3. The van der Waals surface area contributed by atoms with Crippen LogP contribution in [0.15, 0.2) is 36.9 Å². The van der Waals surface area contributed by atoms with Gasteiger partial charge in [-0.15, -0.1) is 0 Å². The highest BCUT2D eigenvalue weighted by Gasteiger charge is 2.19. The first-order chi connectivity index (χ1) is 10.3. The van der Waals surface area contributed by atoms with Gasteiger partial charge in [0.25, 0.3) is 5.91 Å². The number of H-pyrrole nitrogens is 1. The Morgan fingerprint density at radius 2 is 1.86 bits per heavy atom. The van der Waals surface area contributed by atoms with Crippen LogP contribution in [0.25, 0.3) is 5.70 Å². The Morgan fingerprint density at radius 1 is 1.23 bits per heavy atom. The number of hydrogen-bond acceptors (Lipinski definition) is 3. The molecule has 0 spiro atoms. The molecule has 1 amide bonds. The van der Waals surface area contributed by atoms with E-state index in [9.17, 15) is 4.79 Å². The van der Waals surface area contributed by atoms with Crippen molar-refractivity contribution in [1.82, 2.24) is 21.0 Å². The first-order valence-corrected chi connectivity index (χ1v) is 7.22. The molecule has 0 aliphatic carbocycles. The maximum absolute atomic E-state index is 12.1. The number of hydrogen-bond donors (Lipinski definition) is 3. The number of rotatable bonds is 4. The van der Waals surface area contributed by atoms with E-state index >= 15 is 0 Å². The van der Waals surface area contributed by atoms with E-state index in [0.29, 0.717) is 16.4 Å². The lowest BCUT2D eigenvalue weighted by atomic mass is 9.92. The normalized spacial score (nSPS) is 11.1. The third-order valence-corrected chi connectivity index (χ3v) is 3.39. The molecule has 2 rings (SSSR count). The Balaban J connectivity index is 1.96. The fourth-order valence-corrected chi connectivity index (χ4v) is 1.87. The smallest absolute Gasteiger partial charge is 0.290 e. The number of hydrazine groups is 1. The number of aromatic amines is 1. The van der Waals surface area contributed by atoms with Crippen LogP contribution >= 0.6 is 11.6 Å². The number of amides is 1. The van der Waals surface area contributed by atoms with Crippen molar-refractivity contribution < 1.29 is 4.79 Å². The SMILES string of the molecule is C=C(NNC(=O)c1cc(C(C)(C)C)[nH]n1)c1ccc(Cl)cc1. The molecular formula is C16H19ClN4O. The van der Waals surface area contributed by atoms with E-state index in [1.54, 1.807) is 18.2 Å². The Bertz CT molecular complexity index is 683. The average Bonchev–Trinajstić information content (AvgIpc) is 2.95. The minimum absolute atomic E-state index is 0.0914. The highest BCUT2D eigenvalue weighted by atomic mass is 35.5. The maximum Gasteiger partial charge on any atom is 0.290 e. The predicted octanol–water partition coefficient (Wildman–Crippen LogP) is 3.27. The van der Waals surface area contributed by atoms with Crippen molar-refractivity contribution in [3.8, 4) is 0 Å². The summed E-state index contributed by atoms with van der Waals surface area (Å²) in [6, 6.07) is 8.89. The van der Waals surface area contributed by atoms with Gasteiger partial charge >= 0.3 is 0 Å². The molecule has 116 valence electrons. The number of nitrogens with zero attached hydrogens (tertiary/aromatic N) is 1. The van der Waals surface area contributed by atoms with Gasteiger partial charge in [0.2, 0.25) is 0 Å². The summed E-state index contributed by atoms with van der Waals surface area (Å²) in [5, 5.41) is 7.54. The molecule has 1 aromatic carbocycles. The molecule has 0 unspecified atom stereocenters. The largest absolute Gasteiger partial charge is 0.298 e. The number of benzene rings is 1. The van der Waals surface area contributed by atoms with Gasteiger partial charge < -0.3 is 0 Å². The van der Waals surface area contributed by atoms with Crippen LogP contribution in [0.4, 0.5) is 0 Å². The standard InChI is InChI=1S/C16H19ClN4O/c1-10(11-5-7-12(17)8-6-11)18-21-15(22)13-9-14(20-19-13)16(2,3)4/h5-9,18H,1H2,2-4H3,(H,19,20)(H,21,22). The lowest BCUT2D eigenvalue weighted by Gasteiger charge is -2.14. The molecule has 0 radical (unpaired) electrons. The Hall–Kier alpha value is -2.27. The van der Waals surface area contributed by atoms with Gasteiger partial charge in [-0.05, 0) is 23.8 Å². The zero-order valence-corrected chi connectivity index (χ0v) is 13.6. The molecule has 0 aliphatic rings. The maximum atomic E-state index is 12.1. The van der Waals surface area contributed by atoms with Crippen LogP contribution in [0, 0.1) is 0 Å². The zero-order valence-electron chi connectivity index (χ0n) is 12.8. The van der Waals surface area contributed by atoms with Crippen LogP contribution in [0.2, 0.25) is 5.02 Å². The van der Waals surface area contributed by atoms with Crippen LogP contribution in [0.1, 0.15) is 42.5 Å². The summed E-state index contributed by atoms with van der Waals surface area (Å²) in [4.78, 5) is 12.1. The van der Waals surface area contributed by atoms with E-state index < -0.39 is 0 Å². The molecule has 1 heterocycles. The molecule has 0 aliphatic heterocycles. The lowest BCUT2D eigenvalue weighted by Crippen LogP contribution is -2.36. The third kappa shape index (κ3) is 3.89. The molecule has 0 saturated heterocycles. The van der Waals surface area contributed by atoms with Crippen LogP contribution in [-0.2, 0) is 5.41 Å². The third-order valence-electron chi connectivity index (χ3n) is 3.14. The van der Waals surface area contributed by atoms with Crippen molar-refractivity contribution in [2.24, 2.45) is 0 Å². The van der Waals surface area contributed by atoms with Crippen molar-refractivity contribution in [1.29, 1.82) is 0 Å². The van der Waals surface area contributed by atoms with Crippen LogP contribution in [-0.4, -0.2) is 16.1 Å². The molecule has 6 heteroatoms. The van der Waals surface area contributed by atoms with Crippen molar-refractivity contribution in [2.75, 3.05) is 0 Å². The highest BCUT2D eigenvalue weighted by molar-refractivity contribution is 6.30. The van der Waals surface area contributed by atoms with E-state index in [1.165, 1.54) is 0 Å². The van der Waals surface area contributed by atoms with Gasteiger partial charge in [-0.3, -0.25) is 20.7 Å². The van der Waals surface area contributed by atoms with Crippen LogP contribution in [0.3, 0.4) is 0 Å². The van der Waals surface area contributed by atoms with Gasteiger partial charge in [0.1, 0.15) is 0 Å². The molecule has 0 saturated carbocycles. The highest BCUT2D eigenvalue weighted by Crippen LogP contribution is 2.20. The summed E-state index contributed by atoms with van der Waals surface area (Å²) < 4.78 is 0. The number of carbonyl (C=O) groups excluding carboxylic acids is 1. The summed E-state index contributed by atoms with van der Waals surface area (Å²) >= 11 is 5.83. The van der Waals surface area contributed by atoms with E-state index in [4.69, 9.17) is 11.6 Å². The van der Waals surface area contributed by atoms with E-state index in [0.717, 1.165) is 11.3 Å². The molecule has 1 aromatic heterocycles. The molecule has 0 atom stereocenters. The van der Waals surface area contributed by atoms with Gasteiger partial charge in [0.15, 0.2) is 5.69 Å². The molecule has 3 N–H and O–H groups in total. The molecule has 2 aromatic rings. The van der Waals surface area contributed by atoms with Gasteiger partial charge in [0, 0.05) is 16.1 Å². The molecule has 5 nitrogen and oxygen atoms in total. The topological polar surface area (TPSA) is 69.8 Å². The van der Waals surface area contributed by atoms with E-state index in [1.807, 2.05) is 32.9 Å². The Morgan fingerprint density at radius 3 is 2.41 bits per heavy atom. The summed E-state index contributed by atoms with van der Waals surface area (Å²) in [5.41, 5.74) is 7.87. The predicted molar refractivity (Wildman–Crippen MR) is 88.4 cm³/mol. The van der Waals surface area contributed by atoms with Gasteiger partial charge in [-0.25, -0.2) is 0 Å². The minimum Gasteiger partial charge on any atom is -0.298 e. The molecule has 0 bridgehead atoms. The first-order valence-electron chi connectivity index (χ1n) is 6.84. The minimum atomic E-state index is -0.332. The van der Waals surface area contributed by atoms with Crippen molar-refractivity contribution in [3.63, 3.8) is 0 Å². The van der Waals surface area contributed by atoms with Crippen LogP contribution in [0.5, 0.6) is 0 Å². The quantitative estimate of drug-likeness (QED) is 0.758. The lowest BCUT2D eigenvalue weighted by molar-refractivity contribution is 0.0937. The second-order valence-corrected chi connectivity index (χ2v) is 6.42. The van der Waals surface area contributed by atoms with Crippen molar-refractivity contribution in [3.05, 3.63) is 58.9 Å². The molecule has 0 fully saturated rings. The van der Waals surface area contributed by atoms with E-state index in [-0.39, 0.29) is 11.3 Å². The Kier molecular flexibility index (Phi) is 4.56. The summed E-state index contributed by atoms with van der Waals surface area (Å²) in [5.74, 6) is -0.332. The second kappa shape index (κ2) is 6.23. The van der Waals surface area contributed by atoms with Gasteiger partial charge in [0.05, 0.1) is 5.70 Å². The van der Waals surface area contributed by atoms with Crippen molar-refractivity contribution in [2.45, 2.75) is 26.2 Å². The number of carbonyl (C=O) groups is 1. The fraction of sp³-hybridized carbons (Fsp3) is 0.250. The number of aromatic nitrogens is 2. The van der Waals surface area contributed by atoms with E-state index in [2.05, 4.69) is 27.6 Å². The fourth-order valence-electron chi connectivity index (χ4n) is 1.74. The second-order valence-electron chi connectivity index (χ2n) is 5.98. The molecule has 22 heavy (non-hydrogen) atoms. The summed E-state index contributed by atoms with van der Waals surface area (Å²) in [6.07, 6.45) is 0. The van der Waals surface area contributed by atoms with Gasteiger partial charge in [-0.2, -0.15) is 5.10 Å². The van der Waals surface area contributed by atoms with Crippen LogP contribution < -0.4 is 10.9 Å². The Labute approximate surface area is 134 Å². The van der Waals surface area contributed by atoms with Gasteiger partial charge in [-0.1, -0.05) is 51.1 Å². The monoisotopic (exact) mass is 318 g/mol.